The second kappa shape index (κ2) is 8.99. The number of aliphatic carboxylic acids is 1. The minimum absolute atomic E-state index is 0.0229. The van der Waals surface area contributed by atoms with E-state index in [0.717, 1.165) is 51.4 Å². The van der Waals surface area contributed by atoms with Gasteiger partial charge in [0.2, 0.25) is 0 Å². The normalized spacial score (nSPS) is 18.5. The number of hydrogen-bond acceptors (Lipinski definition) is 3. The second-order valence-corrected chi connectivity index (χ2v) is 7.37. The first-order chi connectivity index (χ1) is 13.3. The standard InChI is InChI=1S/C21H25F3O4/c22-21(23,24)19-12-17(6-4-15(19)5-7-20(25)26)28-13-16-2-1-3-18(16)14-8-10-27-11-9-14/h4,6,12,14H,1-3,5,7-11,13H2,(H,25,26). The number of aryl methyl sites for hydroxylation is 1. The van der Waals surface area contributed by atoms with Crippen LogP contribution in [0, 0.1) is 5.92 Å². The molecular weight excluding hydrogens is 373 g/mol. The average Bonchev–Trinajstić information content (AvgIpc) is 3.13. The first-order valence-corrected chi connectivity index (χ1v) is 9.68. The van der Waals surface area contributed by atoms with Gasteiger partial charge in [-0.15, -0.1) is 0 Å². The molecule has 0 radical (unpaired) electrons. The number of carboxylic acids is 1. The molecule has 4 nitrogen and oxygen atoms in total. The zero-order valence-electron chi connectivity index (χ0n) is 15.7. The Morgan fingerprint density at radius 2 is 1.96 bits per heavy atom. The number of hydrogen-bond donors (Lipinski definition) is 1. The van der Waals surface area contributed by atoms with Crippen molar-refractivity contribution in [1.29, 1.82) is 0 Å². The summed E-state index contributed by atoms with van der Waals surface area (Å²) in [6.45, 7) is 1.82. The van der Waals surface area contributed by atoms with Gasteiger partial charge in [-0.05, 0) is 67.7 Å². The Morgan fingerprint density at radius 1 is 1.21 bits per heavy atom. The number of alkyl halides is 3. The Hall–Kier alpha value is -2.02. The number of rotatable bonds is 7. The van der Waals surface area contributed by atoms with E-state index in [4.69, 9.17) is 14.6 Å². The van der Waals surface area contributed by atoms with Crippen LogP contribution in [0.1, 0.15) is 49.7 Å². The number of ether oxygens (including phenoxy) is 2. The average molecular weight is 398 g/mol. The van der Waals surface area contributed by atoms with Gasteiger partial charge in [-0.25, -0.2) is 0 Å². The molecule has 0 amide bonds. The highest BCUT2D eigenvalue weighted by molar-refractivity contribution is 5.67. The van der Waals surface area contributed by atoms with E-state index < -0.39 is 17.7 Å². The van der Waals surface area contributed by atoms with Crippen molar-refractivity contribution in [1.82, 2.24) is 0 Å². The molecule has 0 bridgehead atoms. The summed E-state index contributed by atoms with van der Waals surface area (Å²) in [4.78, 5) is 10.7. The Morgan fingerprint density at radius 3 is 2.64 bits per heavy atom. The minimum Gasteiger partial charge on any atom is -0.489 e. The Bertz CT molecular complexity index is 734. The lowest BCUT2D eigenvalue weighted by molar-refractivity contribution is -0.140. The fourth-order valence-electron chi connectivity index (χ4n) is 4.07. The summed E-state index contributed by atoms with van der Waals surface area (Å²) in [7, 11) is 0. The van der Waals surface area contributed by atoms with Crippen LogP contribution in [0.2, 0.25) is 0 Å². The maximum atomic E-state index is 13.4. The van der Waals surface area contributed by atoms with Gasteiger partial charge in [0.25, 0.3) is 0 Å². The fourth-order valence-corrected chi connectivity index (χ4v) is 4.07. The van der Waals surface area contributed by atoms with Crippen LogP contribution in [0.4, 0.5) is 13.2 Å². The summed E-state index contributed by atoms with van der Waals surface area (Å²) in [6.07, 6.45) is -0.0417. The van der Waals surface area contributed by atoms with Crippen molar-refractivity contribution in [3.05, 3.63) is 40.5 Å². The molecule has 1 N–H and O–H groups in total. The van der Waals surface area contributed by atoms with Crippen LogP contribution in [-0.2, 0) is 22.1 Å². The summed E-state index contributed by atoms with van der Waals surface area (Å²) in [5, 5.41) is 8.74. The molecule has 0 spiro atoms. The predicted molar refractivity (Wildman–Crippen MR) is 97.3 cm³/mol. The van der Waals surface area contributed by atoms with Gasteiger partial charge in [0.15, 0.2) is 0 Å². The Kier molecular flexibility index (Phi) is 6.65. The highest BCUT2D eigenvalue weighted by atomic mass is 19.4. The van der Waals surface area contributed by atoms with Gasteiger partial charge < -0.3 is 14.6 Å². The molecule has 1 aliphatic heterocycles. The van der Waals surface area contributed by atoms with E-state index in [1.165, 1.54) is 23.3 Å². The first kappa shape index (κ1) is 20.7. The topological polar surface area (TPSA) is 55.8 Å². The zero-order valence-corrected chi connectivity index (χ0v) is 15.7. The summed E-state index contributed by atoms with van der Waals surface area (Å²) in [6, 6.07) is 3.81. The molecule has 7 heteroatoms. The summed E-state index contributed by atoms with van der Waals surface area (Å²) in [5.74, 6) is -0.460. The molecule has 1 aliphatic carbocycles. The van der Waals surface area contributed by atoms with Gasteiger partial charge in [-0.3, -0.25) is 4.79 Å². The third-order valence-electron chi connectivity index (χ3n) is 5.50. The molecule has 0 saturated carbocycles. The van der Waals surface area contributed by atoms with Crippen molar-refractivity contribution < 1.29 is 32.5 Å². The van der Waals surface area contributed by atoms with Gasteiger partial charge in [0, 0.05) is 19.6 Å². The van der Waals surface area contributed by atoms with Gasteiger partial charge in [-0.1, -0.05) is 11.6 Å². The van der Waals surface area contributed by atoms with Crippen LogP contribution in [0.3, 0.4) is 0 Å². The van der Waals surface area contributed by atoms with Crippen LogP contribution in [-0.4, -0.2) is 30.9 Å². The molecule has 28 heavy (non-hydrogen) atoms. The number of halogens is 3. The molecule has 3 rings (SSSR count). The van der Waals surface area contributed by atoms with Gasteiger partial charge in [-0.2, -0.15) is 13.2 Å². The largest absolute Gasteiger partial charge is 0.489 e. The number of carbonyl (C=O) groups is 1. The molecule has 0 unspecified atom stereocenters. The van der Waals surface area contributed by atoms with E-state index in [9.17, 15) is 18.0 Å². The lowest BCUT2D eigenvalue weighted by atomic mass is 9.89. The zero-order chi connectivity index (χ0) is 20.1. The van der Waals surface area contributed by atoms with E-state index in [1.807, 2.05) is 0 Å². The molecule has 1 saturated heterocycles. The molecule has 1 fully saturated rings. The van der Waals surface area contributed by atoms with Crippen molar-refractivity contribution in [2.75, 3.05) is 19.8 Å². The number of benzene rings is 1. The van der Waals surface area contributed by atoms with Crippen molar-refractivity contribution in [2.45, 2.75) is 51.1 Å². The SMILES string of the molecule is O=C(O)CCc1ccc(OCC2=C(C3CCOCC3)CCC2)cc1C(F)(F)F. The van der Waals surface area contributed by atoms with Crippen molar-refractivity contribution in [2.24, 2.45) is 5.92 Å². The summed E-state index contributed by atoms with van der Waals surface area (Å²) >= 11 is 0. The van der Waals surface area contributed by atoms with Crippen LogP contribution < -0.4 is 4.74 Å². The second-order valence-electron chi connectivity index (χ2n) is 7.37. The number of allylic oxidation sites excluding steroid dienone is 1. The maximum absolute atomic E-state index is 13.4. The first-order valence-electron chi connectivity index (χ1n) is 9.68. The van der Waals surface area contributed by atoms with E-state index in [2.05, 4.69) is 0 Å². The van der Waals surface area contributed by atoms with Crippen molar-refractivity contribution in [3.8, 4) is 5.75 Å². The van der Waals surface area contributed by atoms with Crippen LogP contribution in [0.15, 0.2) is 29.3 Å². The van der Waals surface area contributed by atoms with Crippen LogP contribution in [0.5, 0.6) is 5.75 Å². The van der Waals surface area contributed by atoms with E-state index in [-0.39, 0.29) is 24.2 Å². The van der Waals surface area contributed by atoms with Crippen LogP contribution >= 0.6 is 0 Å². The molecule has 1 heterocycles. The quantitative estimate of drug-likeness (QED) is 0.656. The maximum Gasteiger partial charge on any atom is 0.416 e. The molecule has 0 aromatic heterocycles. The fraction of sp³-hybridized carbons (Fsp3) is 0.571. The third kappa shape index (κ3) is 5.28. The molecule has 154 valence electrons. The third-order valence-corrected chi connectivity index (χ3v) is 5.50. The highest BCUT2D eigenvalue weighted by Crippen LogP contribution is 2.38. The molecule has 0 atom stereocenters. The lowest BCUT2D eigenvalue weighted by Gasteiger charge is -2.25. The molecule has 1 aromatic carbocycles. The van der Waals surface area contributed by atoms with Gasteiger partial charge in [0.05, 0.1) is 5.56 Å². The van der Waals surface area contributed by atoms with Crippen LogP contribution in [0.25, 0.3) is 0 Å². The smallest absolute Gasteiger partial charge is 0.416 e. The molecule has 1 aromatic rings. The van der Waals surface area contributed by atoms with Gasteiger partial charge in [0.1, 0.15) is 12.4 Å². The Labute approximate surface area is 162 Å². The summed E-state index contributed by atoms with van der Waals surface area (Å²) < 4.78 is 51.3. The minimum atomic E-state index is -4.55. The summed E-state index contributed by atoms with van der Waals surface area (Å²) in [5.41, 5.74) is 1.76. The van der Waals surface area contributed by atoms with Crippen molar-refractivity contribution in [3.63, 3.8) is 0 Å². The number of carboxylic acid groups (broad SMARTS) is 1. The lowest BCUT2D eigenvalue weighted by Crippen LogP contribution is -2.18. The van der Waals surface area contributed by atoms with E-state index in [1.54, 1.807) is 0 Å². The predicted octanol–water partition coefficient (Wildman–Crippen LogP) is 5.01. The highest BCUT2D eigenvalue weighted by Gasteiger charge is 2.34. The molecule has 2 aliphatic rings. The van der Waals surface area contributed by atoms with Crippen molar-refractivity contribution >= 4 is 5.97 Å². The monoisotopic (exact) mass is 398 g/mol. The molecular formula is C21H25F3O4. The van der Waals surface area contributed by atoms with Gasteiger partial charge >= 0.3 is 12.1 Å². The van der Waals surface area contributed by atoms with E-state index >= 15 is 0 Å². The Balaban J connectivity index is 1.72. The van der Waals surface area contributed by atoms with E-state index in [0.29, 0.717) is 12.5 Å².